The lowest BCUT2D eigenvalue weighted by Gasteiger charge is -2.52. The summed E-state index contributed by atoms with van der Waals surface area (Å²) >= 11 is 0. The van der Waals surface area contributed by atoms with Gasteiger partial charge < -0.3 is 5.32 Å². The zero-order valence-electron chi connectivity index (χ0n) is 18.5. The maximum atomic E-state index is 13.6. The van der Waals surface area contributed by atoms with E-state index in [-0.39, 0.29) is 28.6 Å². The lowest BCUT2D eigenvalue weighted by Crippen LogP contribution is -2.54. The average molecular weight is 421 g/mol. The number of aryl methyl sites for hydroxylation is 1. The summed E-state index contributed by atoms with van der Waals surface area (Å²) < 4.78 is 13.6. The Morgan fingerprint density at radius 2 is 1.55 bits per heavy atom. The summed E-state index contributed by atoms with van der Waals surface area (Å²) in [5.74, 6) is 0.309. The molecule has 0 radical (unpaired) electrons. The van der Waals surface area contributed by atoms with E-state index in [1.54, 1.807) is 12.1 Å². The number of amides is 1. The standard InChI is InChI=1S/C27H33FN2O/c1-20-5-7-21(8-6-20)24-19-29-25(31)26(24)15-17-30(18-16-26)27(13-3-2-4-14-27)22-9-11-23(28)12-10-22/h5-12,24H,2-4,13-19H2,1H3,(H,29,31). The van der Waals surface area contributed by atoms with Gasteiger partial charge in [0.25, 0.3) is 0 Å². The summed E-state index contributed by atoms with van der Waals surface area (Å²) in [4.78, 5) is 15.7. The lowest BCUT2D eigenvalue weighted by atomic mass is 9.66. The van der Waals surface area contributed by atoms with Crippen LogP contribution in [0.2, 0.25) is 0 Å². The molecule has 2 aromatic rings. The summed E-state index contributed by atoms with van der Waals surface area (Å²) in [6, 6.07) is 15.9. The molecule has 3 fully saturated rings. The van der Waals surface area contributed by atoms with E-state index in [2.05, 4.69) is 41.4 Å². The highest BCUT2D eigenvalue weighted by atomic mass is 19.1. The largest absolute Gasteiger partial charge is 0.355 e. The van der Waals surface area contributed by atoms with E-state index in [0.717, 1.165) is 45.3 Å². The minimum absolute atomic E-state index is 0.0119. The van der Waals surface area contributed by atoms with E-state index in [0.29, 0.717) is 0 Å². The molecule has 3 aliphatic rings. The molecule has 0 aromatic heterocycles. The van der Waals surface area contributed by atoms with Gasteiger partial charge in [0.1, 0.15) is 5.82 Å². The summed E-state index contributed by atoms with van der Waals surface area (Å²) in [5, 5.41) is 3.19. The van der Waals surface area contributed by atoms with Crippen LogP contribution in [0, 0.1) is 18.2 Å². The van der Waals surface area contributed by atoms with Crippen molar-refractivity contribution in [3.63, 3.8) is 0 Å². The Labute approximate surface area is 185 Å². The summed E-state index contributed by atoms with van der Waals surface area (Å²) in [7, 11) is 0. The molecule has 0 bridgehead atoms. The molecule has 1 saturated carbocycles. The van der Waals surface area contributed by atoms with Gasteiger partial charge in [-0.15, -0.1) is 0 Å². The number of hydrogen-bond donors (Lipinski definition) is 1. The molecule has 164 valence electrons. The van der Waals surface area contributed by atoms with Crippen LogP contribution in [0.4, 0.5) is 4.39 Å². The molecule has 1 spiro atoms. The van der Waals surface area contributed by atoms with E-state index >= 15 is 0 Å². The van der Waals surface area contributed by atoms with Crippen molar-refractivity contribution in [2.24, 2.45) is 5.41 Å². The third-order valence-electron chi connectivity index (χ3n) is 8.39. The lowest BCUT2D eigenvalue weighted by molar-refractivity contribution is -0.132. The SMILES string of the molecule is Cc1ccc(C2CNC(=O)C23CCN(C2(c4ccc(F)cc4)CCCCC2)CC3)cc1. The zero-order chi connectivity index (χ0) is 21.5. The number of carbonyl (C=O) groups is 1. The Morgan fingerprint density at radius 3 is 2.19 bits per heavy atom. The molecule has 2 aliphatic heterocycles. The fraction of sp³-hybridized carbons (Fsp3) is 0.519. The van der Waals surface area contributed by atoms with Crippen molar-refractivity contribution in [1.29, 1.82) is 0 Å². The first kappa shape index (κ1) is 20.7. The maximum Gasteiger partial charge on any atom is 0.227 e. The molecule has 1 atom stereocenters. The van der Waals surface area contributed by atoms with Gasteiger partial charge in [0.05, 0.1) is 5.41 Å². The van der Waals surface area contributed by atoms with Gasteiger partial charge in [-0.1, -0.05) is 61.2 Å². The van der Waals surface area contributed by atoms with E-state index in [9.17, 15) is 9.18 Å². The normalized spacial score (nSPS) is 25.5. The molecule has 1 aliphatic carbocycles. The number of nitrogens with one attached hydrogen (secondary N) is 1. The smallest absolute Gasteiger partial charge is 0.227 e. The van der Waals surface area contributed by atoms with Crippen molar-refractivity contribution in [2.75, 3.05) is 19.6 Å². The van der Waals surface area contributed by atoms with Crippen LogP contribution in [0.5, 0.6) is 0 Å². The highest BCUT2D eigenvalue weighted by molar-refractivity contribution is 5.86. The second-order valence-electron chi connectivity index (χ2n) is 9.92. The summed E-state index contributed by atoms with van der Waals surface area (Å²) in [5.41, 5.74) is 3.47. The highest BCUT2D eigenvalue weighted by Crippen LogP contribution is 2.51. The Balaban J connectivity index is 1.41. The Morgan fingerprint density at radius 1 is 0.903 bits per heavy atom. The van der Waals surface area contributed by atoms with Crippen LogP contribution in [0.3, 0.4) is 0 Å². The minimum atomic E-state index is -0.301. The van der Waals surface area contributed by atoms with Gasteiger partial charge in [0, 0.05) is 31.1 Å². The van der Waals surface area contributed by atoms with Crippen LogP contribution in [0.15, 0.2) is 48.5 Å². The topological polar surface area (TPSA) is 32.3 Å². The average Bonchev–Trinajstić information content (AvgIpc) is 3.11. The van der Waals surface area contributed by atoms with Gasteiger partial charge in [-0.2, -0.15) is 0 Å². The summed E-state index contributed by atoms with van der Waals surface area (Å²) in [6.45, 7) is 4.69. The number of nitrogens with zero attached hydrogens (tertiary/aromatic N) is 1. The summed E-state index contributed by atoms with van der Waals surface area (Å²) in [6.07, 6.45) is 7.73. The Bertz CT molecular complexity index is 923. The number of likely N-dealkylation sites (tertiary alicyclic amines) is 1. The van der Waals surface area contributed by atoms with Gasteiger partial charge in [-0.25, -0.2) is 4.39 Å². The number of carbonyl (C=O) groups excluding carboxylic acids is 1. The molecule has 5 rings (SSSR count). The van der Waals surface area contributed by atoms with Crippen LogP contribution >= 0.6 is 0 Å². The van der Waals surface area contributed by atoms with Crippen LogP contribution in [-0.2, 0) is 10.3 Å². The zero-order valence-corrected chi connectivity index (χ0v) is 18.5. The van der Waals surface area contributed by atoms with Gasteiger partial charge in [-0.05, 0) is 55.9 Å². The van der Waals surface area contributed by atoms with E-state index in [4.69, 9.17) is 0 Å². The number of rotatable bonds is 3. The van der Waals surface area contributed by atoms with E-state index in [1.807, 2.05) is 12.1 Å². The van der Waals surface area contributed by atoms with Gasteiger partial charge in [0.15, 0.2) is 0 Å². The molecule has 2 heterocycles. The highest BCUT2D eigenvalue weighted by Gasteiger charge is 2.54. The predicted octanol–water partition coefficient (Wildman–Crippen LogP) is 5.29. The first-order valence-electron chi connectivity index (χ1n) is 11.9. The molecule has 2 saturated heterocycles. The quantitative estimate of drug-likeness (QED) is 0.732. The number of benzene rings is 2. The fourth-order valence-corrected chi connectivity index (χ4v) is 6.55. The Hall–Kier alpha value is -2.20. The molecule has 1 unspecified atom stereocenters. The number of hydrogen-bond acceptors (Lipinski definition) is 2. The van der Waals surface area contributed by atoms with E-state index < -0.39 is 0 Å². The first-order chi connectivity index (χ1) is 15.0. The van der Waals surface area contributed by atoms with Crippen molar-refractivity contribution < 1.29 is 9.18 Å². The Kier molecular flexibility index (Phi) is 5.37. The van der Waals surface area contributed by atoms with Gasteiger partial charge in [0.2, 0.25) is 5.91 Å². The van der Waals surface area contributed by atoms with Crippen LogP contribution in [0.25, 0.3) is 0 Å². The molecule has 3 nitrogen and oxygen atoms in total. The third-order valence-corrected chi connectivity index (χ3v) is 8.39. The van der Waals surface area contributed by atoms with Crippen molar-refractivity contribution in [2.45, 2.75) is 63.3 Å². The van der Waals surface area contributed by atoms with Crippen molar-refractivity contribution in [3.05, 3.63) is 71.0 Å². The van der Waals surface area contributed by atoms with Gasteiger partial charge >= 0.3 is 0 Å². The first-order valence-corrected chi connectivity index (χ1v) is 11.9. The van der Waals surface area contributed by atoms with Crippen LogP contribution < -0.4 is 5.32 Å². The van der Waals surface area contributed by atoms with Crippen molar-refractivity contribution in [3.8, 4) is 0 Å². The monoisotopic (exact) mass is 420 g/mol. The number of piperidine rings is 1. The minimum Gasteiger partial charge on any atom is -0.355 e. The third kappa shape index (κ3) is 3.49. The predicted molar refractivity (Wildman–Crippen MR) is 121 cm³/mol. The fourth-order valence-electron chi connectivity index (χ4n) is 6.55. The van der Waals surface area contributed by atoms with E-state index in [1.165, 1.54) is 36.0 Å². The molecular weight excluding hydrogens is 387 g/mol. The molecular formula is C27H33FN2O. The van der Waals surface area contributed by atoms with Gasteiger partial charge in [-0.3, -0.25) is 9.69 Å². The maximum absolute atomic E-state index is 13.6. The molecule has 4 heteroatoms. The number of halogens is 1. The molecule has 1 amide bonds. The molecule has 31 heavy (non-hydrogen) atoms. The molecule has 2 aromatic carbocycles. The second kappa shape index (κ2) is 8.05. The van der Waals surface area contributed by atoms with Crippen LogP contribution in [-0.4, -0.2) is 30.4 Å². The van der Waals surface area contributed by atoms with Crippen molar-refractivity contribution in [1.82, 2.24) is 10.2 Å². The van der Waals surface area contributed by atoms with Crippen molar-refractivity contribution >= 4 is 5.91 Å². The molecule has 1 N–H and O–H groups in total. The second-order valence-corrected chi connectivity index (χ2v) is 9.92. The van der Waals surface area contributed by atoms with Crippen LogP contribution in [0.1, 0.15) is 67.6 Å².